The second-order valence-electron chi connectivity index (χ2n) is 5.87. The number of ether oxygens (including phenoxy) is 2. The lowest BCUT2D eigenvalue weighted by Crippen LogP contribution is -2.42. The van der Waals surface area contributed by atoms with E-state index in [1.54, 1.807) is 0 Å². The van der Waals surface area contributed by atoms with Crippen molar-refractivity contribution in [2.45, 2.75) is 46.1 Å². The summed E-state index contributed by atoms with van der Waals surface area (Å²) in [6.45, 7) is 6.35. The third-order valence-electron chi connectivity index (χ3n) is 3.46. The fraction of sp³-hybridized carbons (Fsp3) is 0.556. The van der Waals surface area contributed by atoms with E-state index >= 15 is 0 Å². The molecule has 5 heteroatoms. The van der Waals surface area contributed by atoms with E-state index in [1.165, 1.54) is 12.7 Å². The van der Waals surface area contributed by atoms with Gasteiger partial charge in [0.25, 0.3) is 0 Å². The van der Waals surface area contributed by atoms with Gasteiger partial charge >= 0.3 is 5.97 Å². The fourth-order valence-corrected chi connectivity index (χ4v) is 2.18. The van der Waals surface area contributed by atoms with Crippen molar-refractivity contribution < 1.29 is 19.1 Å². The summed E-state index contributed by atoms with van der Waals surface area (Å²) in [5, 5.41) is 2.71. The number of methoxy groups -OCH3 is 1. The van der Waals surface area contributed by atoms with E-state index in [9.17, 15) is 9.59 Å². The zero-order chi connectivity index (χ0) is 17.2. The van der Waals surface area contributed by atoms with Crippen LogP contribution in [0.15, 0.2) is 24.3 Å². The molecule has 0 bridgehead atoms. The van der Waals surface area contributed by atoms with Crippen LogP contribution in [0.2, 0.25) is 0 Å². The van der Waals surface area contributed by atoms with Crippen LogP contribution >= 0.6 is 0 Å². The van der Waals surface area contributed by atoms with Crippen LogP contribution in [0.4, 0.5) is 0 Å². The van der Waals surface area contributed by atoms with Gasteiger partial charge in [-0.2, -0.15) is 0 Å². The molecule has 0 aliphatic carbocycles. The Kier molecular flexibility index (Phi) is 8.16. The summed E-state index contributed by atoms with van der Waals surface area (Å²) in [5.41, 5.74) is 1.24. The molecule has 1 rings (SSSR count). The maximum Gasteiger partial charge on any atom is 0.328 e. The zero-order valence-electron chi connectivity index (χ0n) is 14.4. The normalized spacial score (nSPS) is 11.9. The standard InChI is InChI=1S/C18H27NO4/c1-5-14-6-8-15(9-7-14)23-11-10-17(20)19-16(12-13(2)3)18(21)22-4/h6-9,13,16H,5,10-12H2,1-4H3,(H,19,20). The van der Waals surface area contributed by atoms with Gasteiger partial charge in [-0.15, -0.1) is 0 Å². The van der Waals surface area contributed by atoms with Gasteiger partial charge in [-0.05, 0) is 36.5 Å². The number of aryl methyl sites for hydroxylation is 1. The van der Waals surface area contributed by atoms with Crippen LogP contribution in [-0.2, 0) is 20.7 Å². The SMILES string of the molecule is CCc1ccc(OCCC(=O)NC(CC(C)C)C(=O)OC)cc1. The van der Waals surface area contributed by atoms with Gasteiger partial charge in [-0.25, -0.2) is 4.79 Å². The fourth-order valence-electron chi connectivity index (χ4n) is 2.18. The zero-order valence-corrected chi connectivity index (χ0v) is 14.4. The summed E-state index contributed by atoms with van der Waals surface area (Å²) in [6, 6.07) is 7.20. The number of nitrogens with one attached hydrogen (secondary N) is 1. The number of hydrogen-bond donors (Lipinski definition) is 1. The Balaban J connectivity index is 2.40. The molecule has 0 saturated heterocycles. The highest BCUT2D eigenvalue weighted by Crippen LogP contribution is 2.13. The Morgan fingerprint density at radius 3 is 2.35 bits per heavy atom. The molecule has 0 aliphatic rings. The highest BCUT2D eigenvalue weighted by atomic mass is 16.5. The van der Waals surface area contributed by atoms with E-state index in [0.717, 1.165) is 12.2 Å². The maximum atomic E-state index is 11.9. The molecule has 0 saturated carbocycles. The van der Waals surface area contributed by atoms with Crippen LogP contribution in [0, 0.1) is 5.92 Å². The monoisotopic (exact) mass is 321 g/mol. The number of carbonyl (C=O) groups excluding carboxylic acids is 2. The largest absolute Gasteiger partial charge is 0.493 e. The molecule has 0 heterocycles. The number of rotatable bonds is 9. The van der Waals surface area contributed by atoms with Gasteiger partial charge in [-0.1, -0.05) is 32.9 Å². The minimum absolute atomic E-state index is 0.196. The van der Waals surface area contributed by atoms with Crippen LogP contribution in [0.25, 0.3) is 0 Å². The molecule has 1 aromatic rings. The number of carbonyl (C=O) groups is 2. The van der Waals surface area contributed by atoms with Gasteiger partial charge in [0.1, 0.15) is 11.8 Å². The molecule has 5 nitrogen and oxygen atoms in total. The summed E-state index contributed by atoms with van der Waals surface area (Å²) in [4.78, 5) is 23.6. The minimum Gasteiger partial charge on any atom is -0.493 e. The van der Waals surface area contributed by atoms with E-state index in [1.807, 2.05) is 38.1 Å². The van der Waals surface area contributed by atoms with Gasteiger partial charge in [-0.3, -0.25) is 4.79 Å². The second kappa shape index (κ2) is 9.87. The predicted molar refractivity (Wildman–Crippen MR) is 89.3 cm³/mol. The highest BCUT2D eigenvalue weighted by molar-refractivity contribution is 5.84. The Labute approximate surface area is 138 Å². The number of amides is 1. The summed E-state index contributed by atoms with van der Waals surface area (Å²) in [7, 11) is 1.32. The maximum absolute atomic E-state index is 11.9. The number of benzene rings is 1. The first-order valence-electron chi connectivity index (χ1n) is 8.05. The molecule has 0 aromatic heterocycles. The minimum atomic E-state index is -0.601. The molecule has 1 aromatic carbocycles. The van der Waals surface area contributed by atoms with E-state index < -0.39 is 12.0 Å². The Morgan fingerprint density at radius 1 is 1.17 bits per heavy atom. The van der Waals surface area contributed by atoms with Crippen molar-refractivity contribution in [2.75, 3.05) is 13.7 Å². The quantitative estimate of drug-likeness (QED) is 0.710. The van der Waals surface area contributed by atoms with Gasteiger partial charge in [0.05, 0.1) is 20.1 Å². The van der Waals surface area contributed by atoms with Crippen molar-refractivity contribution in [3.05, 3.63) is 29.8 Å². The molecule has 1 atom stereocenters. The Hall–Kier alpha value is -2.04. The summed E-state index contributed by atoms with van der Waals surface area (Å²) in [5.74, 6) is 0.392. The van der Waals surface area contributed by atoms with Crippen molar-refractivity contribution in [1.82, 2.24) is 5.32 Å². The first-order valence-corrected chi connectivity index (χ1v) is 8.05. The van der Waals surface area contributed by atoms with Crippen molar-refractivity contribution in [3.8, 4) is 5.75 Å². The smallest absolute Gasteiger partial charge is 0.328 e. The summed E-state index contributed by atoms with van der Waals surface area (Å²) < 4.78 is 10.3. The first kappa shape index (κ1) is 19.0. The lowest BCUT2D eigenvalue weighted by atomic mass is 10.0. The highest BCUT2D eigenvalue weighted by Gasteiger charge is 2.22. The average Bonchev–Trinajstić information content (AvgIpc) is 2.53. The number of hydrogen-bond acceptors (Lipinski definition) is 4. The van der Waals surface area contributed by atoms with Crippen LogP contribution < -0.4 is 10.1 Å². The molecule has 0 radical (unpaired) electrons. The molecular formula is C18H27NO4. The molecule has 1 amide bonds. The van der Waals surface area contributed by atoms with Gasteiger partial charge < -0.3 is 14.8 Å². The average molecular weight is 321 g/mol. The molecule has 1 N–H and O–H groups in total. The van der Waals surface area contributed by atoms with E-state index in [-0.39, 0.29) is 24.9 Å². The van der Waals surface area contributed by atoms with Crippen LogP contribution in [0.1, 0.15) is 39.2 Å². The van der Waals surface area contributed by atoms with Gasteiger partial charge in [0.15, 0.2) is 0 Å². The lowest BCUT2D eigenvalue weighted by molar-refractivity contribution is -0.145. The van der Waals surface area contributed by atoms with Crippen molar-refractivity contribution in [3.63, 3.8) is 0 Å². The van der Waals surface area contributed by atoms with E-state index in [4.69, 9.17) is 9.47 Å². The molecule has 128 valence electrons. The van der Waals surface area contributed by atoms with Crippen LogP contribution in [-0.4, -0.2) is 31.6 Å². The molecule has 1 unspecified atom stereocenters. The topological polar surface area (TPSA) is 64.6 Å². The summed E-state index contributed by atoms with van der Waals surface area (Å²) >= 11 is 0. The molecular weight excluding hydrogens is 294 g/mol. The molecule has 0 spiro atoms. The second-order valence-corrected chi connectivity index (χ2v) is 5.87. The number of esters is 1. The third kappa shape index (κ3) is 7.17. The first-order chi connectivity index (χ1) is 11.0. The van der Waals surface area contributed by atoms with Gasteiger partial charge in [0.2, 0.25) is 5.91 Å². The Bertz CT molecular complexity index is 496. The predicted octanol–water partition coefficient (Wildman–Crippen LogP) is 2.72. The van der Waals surface area contributed by atoms with Crippen molar-refractivity contribution in [2.24, 2.45) is 5.92 Å². The van der Waals surface area contributed by atoms with Crippen molar-refractivity contribution >= 4 is 11.9 Å². The lowest BCUT2D eigenvalue weighted by Gasteiger charge is -2.18. The molecule has 0 fully saturated rings. The van der Waals surface area contributed by atoms with Crippen molar-refractivity contribution in [1.29, 1.82) is 0 Å². The third-order valence-corrected chi connectivity index (χ3v) is 3.46. The summed E-state index contributed by atoms with van der Waals surface area (Å²) in [6.07, 6.45) is 1.73. The Morgan fingerprint density at radius 2 is 1.83 bits per heavy atom. The van der Waals surface area contributed by atoms with E-state index in [2.05, 4.69) is 12.2 Å². The molecule has 0 aliphatic heterocycles. The van der Waals surface area contributed by atoms with Crippen LogP contribution in [0.3, 0.4) is 0 Å². The molecule has 23 heavy (non-hydrogen) atoms. The van der Waals surface area contributed by atoms with E-state index in [0.29, 0.717) is 6.42 Å². The van der Waals surface area contributed by atoms with Gasteiger partial charge in [0, 0.05) is 0 Å². The van der Waals surface area contributed by atoms with Crippen LogP contribution in [0.5, 0.6) is 5.75 Å².